The molecule has 0 bridgehead atoms. The Morgan fingerprint density at radius 3 is 3.06 bits per heavy atom. The maximum Gasteiger partial charge on any atom is 0.222 e. The molecule has 0 aliphatic carbocycles. The molecule has 1 aliphatic heterocycles. The first-order valence-electron chi connectivity index (χ1n) is 5.27. The van der Waals surface area contributed by atoms with Gasteiger partial charge in [-0.3, -0.25) is 0 Å². The number of fused-ring (bicyclic) bond motifs is 1. The van der Waals surface area contributed by atoms with E-state index >= 15 is 0 Å². The van der Waals surface area contributed by atoms with Crippen molar-refractivity contribution in [2.45, 2.75) is 13.1 Å². The summed E-state index contributed by atoms with van der Waals surface area (Å²) in [7, 11) is 0. The second kappa shape index (κ2) is 3.99. The number of hydrogen-bond donors (Lipinski definition) is 1. The van der Waals surface area contributed by atoms with Crippen LogP contribution in [0.1, 0.15) is 5.82 Å². The highest BCUT2D eigenvalue weighted by Gasteiger charge is 2.20. The van der Waals surface area contributed by atoms with Crippen LogP contribution in [0, 0.1) is 0 Å². The third kappa shape index (κ3) is 1.86. The van der Waals surface area contributed by atoms with Crippen LogP contribution in [0.3, 0.4) is 0 Å². The van der Waals surface area contributed by atoms with Crippen molar-refractivity contribution in [3.63, 3.8) is 0 Å². The van der Waals surface area contributed by atoms with Crippen LogP contribution in [-0.4, -0.2) is 26.1 Å². The highest BCUT2D eigenvalue weighted by atomic mass is 79.9. The molecule has 2 N–H and O–H groups in total. The van der Waals surface area contributed by atoms with Gasteiger partial charge in [-0.05, 0) is 15.9 Å². The van der Waals surface area contributed by atoms with Crippen LogP contribution < -0.4 is 10.6 Å². The lowest BCUT2D eigenvalue weighted by Gasteiger charge is -2.29. The molecule has 0 spiro atoms. The summed E-state index contributed by atoms with van der Waals surface area (Å²) in [5.41, 5.74) is 5.62. The van der Waals surface area contributed by atoms with E-state index in [0.717, 1.165) is 35.7 Å². The number of aromatic nitrogens is 4. The van der Waals surface area contributed by atoms with Crippen LogP contribution in [-0.2, 0) is 13.1 Å². The predicted octanol–water partition coefficient (Wildman–Crippen LogP) is 1.04. The van der Waals surface area contributed by atoms with Gasteiger partial charge in [-0.2, -0.15) is 4.98 Å². The van der Waals surface area contributed by atoms with Crippen LogP contribution in [0.5, 0.6) is 0 Å². The third-order valence-electron chi connectivity index (χ3n) is 2.79. The molecule has 2 aromatic rings. The van der Waals surface area contributed by atoms with Gasteiger partial charge in [0.25, 0.3) is 0 Å². The highest BCUT2D eigenvalue weighted by molar-refractivity contribution is 9.10. The Morgan fingerprint density at radius 2 is 2.18 bits per heavy atom. The van der Waals surface area contributed by atoms with E-state index in [-0.39, 0.29) is 5.95 Å². The quantitative estimate of drug-likeness (QED) is 0.851. The van der Waals surface area contributed by atoms with Gasteiger partial charge in [0, 0.05) is 31.7 Å². The average Bonchev–Trinajstić information content (AvgIpc) is 2.79. The minimum Gasteiger partial charge on any atom is -0.368 e. The van der Waals surface area contributed by atoms with Crippen molar-refractivity contribution in [3.05, 3.63) is 28.9 Å². The molecule has 0 aromatic carbocycles. The van der Waals surface area contributed by atoms with Crippen LogP contribution >= 0.6 is 15.9 Å². The van der Waals surface area contributed by atoms with E-state index in [1.807, 2.05) is 12.4 Å². The summed E-state index contributed by atoms with van der Waals surface area (Å²) in [6, 6.07) is 0. The monoisotopic (exact) mass is 294 g/mol. The van der Waals surface area contributed by atoms with Gasteiger partial charge in [-0.25, -0.2) is 9.97 Å². The number of hydrogen-bond acceptors (Lipinski definition) is 5. The van der Waals surface area contributed by atoms with Gasteiger partial charge in [-0.1, -0.05) is 0 Å². The second-order valence-electron chi connectivity index (χ2n) is 3.86. The fraction of sp³-hybridized carbons (Fsp3) is 0.300. The molecule has 0 radical (unpaired) electrons. The maximum absolute atomic E-state index is 5.62. The summed E-state index contributed by atoms with van der Waals surface area (Å²) in [6.45, 7) is 2.53. The lowest BCUT2D eigenvalue weighted by Crippen LogP contribution is -2.34. The zero-order chi connectivity index (χ0) is 11.8. The Balaban J connectivity index is 1.94. The van der Waals surface area contributed by atoms with Crippen LogP contribution in [0.15, 0.2) is 23.1 Å². The van der Waals surface area contributed by atoms with Crippen LogP contribution in [0.2, 0.25) is 0 Å². The Kier molecular flexibility index (Phi) is 2.47. The van der Waals surface area contributed by atoms with Gasteiger partial charge in [0.2, 0.25) is 5.95 Å². The molecule has 2 aromatic heterocycles. The smallest absolute Gasteiger partial charge is 0.222 e. The van der Waals surface area contributed by atoms with Crippen molar-refractivity contribution >= 4 is 27.7 Å². The Hall–Kier alpha value is -1.63. The van der Waals surface area contributed by atoms with E-state index in [1.54, 1.807) is 6.20 Å². The molecular formula is C10H11BrN6. The number of imidazole rings is 1. The molecule has 0 saturated carbocycles. The molecule has 3 rings (SSSR count). The third-order valence-corrected chi connectivity index (χ3v) is 3.35. The van der Waals surface area contributed by atoms with E-state index in [9.17, 15) is 0 Å². The summed E-state index contributed by atoms with van der Waals surface area (Å²) in [5.74, 6) is 2.16. The summed E-state index contributed by atoms with van der Waals surface area (Å²) in [6.07, 6.45) is 5.50. The van der Waals surface area contributed by atoms with Gasteiger partial charge < -0.3 is 15.2 Å². The summed E-state index contributed by atoms with van der Waals surface area (Å²) in [4.78, 5) is 14.7. The van der Waals surface area contributed by atoms with Gasteiger partial charge in [0.1, 0.15) is 11.6 Å². The van der Waals surface area contributed by atoms with E-state index in [1.165, 1.54) is 0 Å². The van der Waals surface area contributed by atoms with Gasteiger partial charge in [0.05, 0.1) is 11.0 Å². The van der Waals surface area contributed by atoms with Crippen molar-refractivity contribution in [2.24, 2.45) is 0 Å². The topological polar surface area (TPSA) is 72.9 Å². The highest BCUT2D eigenvalue weighted by Crippen LogP contribution is 2.26. The van der Waals surface area contributed by atoms with E-state index in [2.05, 4.69) is 40.3 Å². The molecule has 3 heterocycles. The Labute approximate surface area is 107 Å². The zero-order valence-corrected chi connectivity index (χ0v) is 10.6. The summed E-state index contributed by atoms with van der Waals surface area (Å²) < 4.78 is 3.00. The van der Waals surface area contributed by atoms with Crippen molar-refractivity contribution in [3.8, 4) is 0 Å². The van der Waals surface area contributed by atoms with Gasteiger partial charge in [-0.15, -0.1) is 0 Å². The summed E-state index contributed by atoms with van der Waals surface area (Å²) >= 11 is 3.45. The van der Waals surface area contributed by atoms with Crippen molar-refractivity contribution in [1.29, 1.82) is 0 Å². The molecule has 0 amide bonds. The first-order chi connectivity index (χ1) is 8.24. The first kappa shape index (κ1) is 10.5. The molecule has 0 fully saturated rings. The molecule has 88 valence electrons. The van der Waals surface area contributed by atoms with Crippen LogP contribution in [0.4, 0.5) is 11.8 Å². The number of halogens is 1. The number of nitrogen functional groups attached to an aromatic ring is 1. The number of anilines is 2. The average molecular weight is 295 g/mol. The Morgan fingerprint density at radius 1 is 1.29 bits per heavy atom. The molecule has 1 aliphatic rings. The second-order valence-corrected chi connectivity index (χ2v) is 4.71. The zero-order valence-electron chi connectivity index (χ0n) is 9.04. The molecule has 0 atom stereocenters. The van der Waals surface area contributed by atoms with Crippen molar-refractivity contribution in [1.82, 2.24) is 19.5 Å². The lowest BCUT2D eigenvalue weighted by atomic mass is 10.3. The summed E-state index contributed by atoms with van der Waals surface area (Å²) in [5, 5.41) is 0. The predicted molar refractivity (Wildman–Crippen MR) is 67.4 cm³/mol. The minimum atomic E-state index is 0.289. The fourth-order valence-electron chi connectivity index (χ4n) is 1.95. The number of nitrogens with zero attached hydrogens (tertiary/aromatic N) is 5. The maximum atomic E-state index is 5.62. The molecule has 6 nitrogen and oxygen atoms in total. The van der Waals surface area contributed by atoms with E-state index < -0.39 is 0 Å². The standard InChI is InChI=1S/C10H11BrN6/c11-7-5-14-10(12)15-9(7)17-4-3-16-2-1-13-8(16)6-17/h1-2,5H,3-4,6H2,(H2,12,14,15). The normalized spacial score (nSPS) is 14.8. The lowest BCUT2D eigenvalue weighted by molar-refractivity contribution is 0.555. The van der Waals surface area contributed by atoms with E-state index in [4.69, 9.17) is 5.73 Å². The van der Waals surface area contributed by atoms with Crippen molar-refractivity contribution in [2.75, 3.05) is 17.2 Å². The van der Waals surface area contributed by atoms with E-state index in [0.29, 0.717) is 0 Å². The molecule has 7 heteroatoms. The largest absolute Gasteiger partial charge is 0.368 e. The van der Waals surface area contributed by atoms with Gasteiger partial charge in [0.15, 0.2) is 0 Å². The van der Waals surface area contributed by atoms with Crippen LogP contribution in [0.25, 0.3) is 0 Å². The molecule has 0 saturated heterocycles. The SMILES string of the molecule is Nc1ncc(Br)c(N2CCn3ccnc3C2)n1. The first-order valence-corrected chi connectivity index (χ1v) is 6.06. The fourth-order valence-corrected chi connectivity index (χ4v) is 2.39. The minimum absolute atomic E-state index is 0.289. The molecule has 0 unspecified atom stereocenters. The number of nitrogens with two attached hydrogens (primary N) is 1. The Bertz CT molecular complexity index is 551. The van der Waals surface area contributed by atoms with Crippen molar-refractivity contribution < 1.29 is 0 Å². The molecule has 17 heavy (non-hydrogen) atoms. The molecular weight excluding hydrogens is 284 g/mol. The van der Waals surface area contributed by atoms with Gasteiger partial charge >= 0.3 is 0 Å². The number of rotatable bonds is 1.